The molecule has 5 heteroatoms. The van der Waals surface area contributed by atoms with Gasteiger partial charge in [-0.25, -0.2) is 4.79 Å². The second-order valence-electron chi connectivity index (χ2n) is 7.69. The maximum atomic E-state index is 12.7. The quantitative estimate of drug-likeness (QED) is 0.879. The van der Waals surface area contributed by atoms with E-state index in [9.17, 15) is 4.79 Å². The summed E-state index contributed by atoms with van der Waals surface area (Å²) in [5, 5.41) is 3.03. The lowest BCUT2D eigenvalue weighted by molar-refractivity contribution is 0.187. The second-order valence-corrected chi connectivity index (χ2v) is 7.69. The molecule has 0 spiro atoms. The Labute approximate surface area is 167 Å². The molecule has 2 amide bonds. The lowest BCUT2D eigenvalue weighted by Gasteiger charge is -2.26. The SMILES string of the molecule is O=C(NCc1ccccc1)N1CCOc2ccc(CN3CCCCC3)cc2C1. The van der Waals surface area contributed by atoms with Crippen molar-refractivity contribution in [2.24, 2.45) is 0 Å². The zero-order chi connectivity index (χ0) is 19.2. The summed E-state index contributed by atoms with van der Waals surface area (Å²) in [6.45, 7) is 5.59. The first-order valence-electron chi connectivity index (χ1n) is 10.3. The van der Waals surface area contributed by atoms with Crippen molar-refractivity contribution < 1.29 is 9.53 Å². The number of carbonyl (C=O) groups is 1. The van der Waals surface area contributed by atoms with Gasteiger partial charge >= 0.3 is 6.03 Å². The molecule has 1 N–H and O–H groups in total. The topological polar surface area (TPSA) is 44.8 Å². The summed E-state index contributed by atoms with van der Waals surface area (Å²) in [5.74, 6) is 0.903. The highest BCUT2D eigenvalue weighted by molar-refractivity contribution is 5.74. The van der Waals surface area contributed by atoms with Crippen molar-refractivity contribution >= 4 is 6.03 Å². The molecule has 0 aliphatic carbocycles. The van der Waals surface area contributed by atoms with Crippen molar-refractivity contribution in [3.05, 3.63) is 65.2 Å². The smallest absolute Gasteiger partial charge is 0.318 e. The minimum atomic E-state index is -0.0401. The number of amides is 2. The number of rotatable bonds is 4. The summed E-state index contributed by atoms with van der Waals surface area (Å²) in [5.41, 5.74) is 3.50. The van der Waals surface area contributed by atoms with E-state index in [1.165, 1.54) is 37.9 Å². The Morgan fingerprint density at radius 1 is 0.964 bits per heavy atom. The van der Waals surface area contributed by atoms with Gasteiger partial charge in [0.2, 0.25) is 0 Å². The molecule has 1 saturated heterocycles. The molecule has 148 valence electrons. The Morgan fingerprint density at radius 3 is 2.61 bits per heavy atom. The maximum absolute atomic E-state index is 12.7. The van der Waals surface area contributed by atoms with E-state index in [1.54, 1.807) is 0 Å². The molecule has 1 fully saturated rings. The largest absolute Gasteiger partial charge is 0.491 e. The molecule has 5 nitrogen and oxygen atoms in total. The molecule has 4 rings (SSSR count). The van der Waals surface area contributed by atoms with E-state index in [-0.39, 0.29) is 6.03 Å². The molecular weight excluding hydrogens is 350 g/mol. The van der Waals surface area contributed by atoms with Crippen molar-refractivity contribution in [1.29, 1.82) is 0 Å². The van der Waals surface area contributed by atoms with E-state index < -0.39 is 0 Å². The average Bonchev–Trinajstić information content (AvgIpc) is 2.96. The number of urea groups is 1. The Morgan fingerprint density at radius 2 is 1.79 bits per heavy atom. The summed E-state index contributed by atoms with van der Waals surface area (Å²) < 4.78 is 5.90. The minimum absolute atomic E-state index is 0.0401. The first-order chi connectivity index (χ1) is 13.8. The van der Waals surface area contributed by atoms with Gasteiger partial charge in [-0.15, -0.1) is 0 Å². The van der Waals surface area contributed by atoms with Crippen LogP contribution < -0.4 is 10.1 Å². The fourth-order valence-electron chi connectivity index (χ4n) is 3.98. The third kappa shape index (κ3) is 4.84. The highest BCUT2D eigenvalue weighted by Gasteiger charge is 2.20. The van der Waals surface area contributed by atoms with Crippen LogP contribution in [0.2, 0.25) is 0 Å². The van der Waals surface area contributed by atoms with Crippen molar-refractivity contribution in [3.63, 3.8) is 0 Å². The molecule has 2 aliphatic heterocycles. The summed E-state index contributed by atoms with van der Waals surface area (Å²) in [7, 11) is 0. The van der Waals surface area contributed by atoms with Gasteiger partial charge in [0.15, 0.2) is 0 Å². The number of hydrogen-bond acceptors (Lipinski definition) is 3. The average molecular weight is 380 g/mol. The Balaban J connectivity index is 1.39. The number of ether oxygens (including phenoxy) is 1. The van der Waals surface area contributed by atoms with Crippen molar-refractivity contribution in [2.75, 3.05) is 26.2 Å². The lowest BCUT2D eigenvalue weighted by Crippen LogP contribution is -2.40. The monoisotopic (exact) mass is 379 g/mol. The van der Waals surface area contributed by atoms with Crippen LogP contribution in [0.15, 0.2) is 48.5 Å². The number of nitrogens with zero attached hydrogens (tertiary/aromatic N) is 2. The molecule has 2 aromatic rings. The molecule has 0 aromatic heterocycles. The van der Waals surface area contributed by atoms with Gasteiger partial charge in [0.05, 0.1) is 13.1 Å². The predicted octanol–water partition coefficient (Wildman–Crippen LogP) is 3.78. The molecule has 0 atom stereocenters. The Hall–Kier alpha value is -2.53. The normalized spacial score (nSPS) is 17.4. The first-order valence-corrected chi connectivity index (χ1v) is 10.3. The van der Waals surface area contributed by atoms with Crippen LogP contribution in [0.1, 0.15) is 36.0 Å². The number of likely N-dealkylation sites (tertiary alicyclic amines) is 1. The van der Waals surface area contributed by atoms with Crippen LogP contribution >= 0.6 is 0 Å². The molecule has 2 aliphatic rings. The molecular formula is C23H29N3O2. The molecule has 0 unspecified atom stereocenters. The van der Waals surface area contributed by atoms with Crippen LogP contribution in [0.4, 0.5) is 4.79 Å². The van der Waals surface area contributed by atoms with Crippen LogP contribution in [0.25, 0.3) is 0 Å². The number of benzene rings is 2. The van der Waals surface area contributed by atoms with Gasteiger partial charge in [0.1, 0.15) is 12.4 Å². The molecule has 0 saturated carbocycles. The standard InChI is InChI=1S/C23H29N3O2/c27-23(24-16-19-7-3-1-4-8-19)26-13-14-28-22-10-9-20(15-21(22)18-26)17-25-11-5-2-6-12-25/h1,3-4,7-10,15H,2,5-6,11-14,16-18H2,(H,24,27). The molecule has 2 heterocycles. The Kier molecular flexibility index (Phi) is 6.12. The lowest BCUT2D eigenvalue weighted by atomic mass is 10.1. The van der Waals surface area contributed by atoms with E-state index in [0.29, 0.717) is 26.2 Å². The highest BCUT2D eigenvalue weighted by atomic mass is 16.5. The predicted molar refractivity (Wildman–Crippen MR) is 110 cm³/mol. The minimum Gasteiger partial charge on any atom is -0.491 e. The molecule has 28 heavy (non-hydrogen) atoms. The summed E-state index contributed by atoms with van der Waals surface area (Å²) in [6.07, 6.45) is 3.94. The number of carbonyl (C=O) groups excluding carboxylic acids is 1. The second kappa shape index (κ2) is 9.11. The summed E-state index contributed by atoms with van der Waals surface area (Å²) in [6, 6.07) is 16.4. The van der Waals surface area contributed by atoms with Gasteiger partial charge in [0.25, 0.3) is 0 Å². The van der Waals surface area contributed by atoms with Gasteiger partial charge in [0, 0.05) is 18.7 Å². The molecule has 0 radical (unpaired) electrons. The van der Waals surface area contributed by atoms with Gasteiger partial charge in [-0.1, -0.05) is 42.8 Å². The van der Waals surface area contributed by atoms with Crippen LogP contribution in [0.3, 0.4) is 0 Å². The van der Waals surface area contributed by atoms with Crippen LogP contribution in [-0.4, -0.2) is 42.1 Å². The zero-order valence-corrected chi connectivity index (χ0v) is 16.4. The number of piperidine rings is 1. The van der Waals surface area contributed by atoms with E-state index in [4.69, 9.17) is 4.74 Å². The fraction of sp³-hybridized carbons (Fsp3) is 0.435. The molecule has 0 bridgehead atoms. The van der Waals surface area contributed by atoms with Crippen LogP contribution in [0.5, 0.6) is 5.75 Å². The van der Waals surface area contributed by atoms with Crippen molar-refractivity contribution in [1.82, 2.24) is 15.1 Å². The van der Waals surface area contributed by atoms with Crippen molar-refractivity contribution in [3.8, 4) is 5.75 Å². The number of fused-ring (bicyclic) bond motifs is 1. The van der Waals surface area contributed by atoms with Gasteiger partial charge in [-0.05, 0) is 49.2 Å². The van der Waals surface area contributed by atoms with Crippen molar-refractivity contribution in [2.45, 2.75) is 38.9 Å². The summed E-state index contributed by atoms with van der Waals surface area (Å²) in [4.78, 5) is 17.1. The van der Waals surface area contributed by atoms with Gasteiger partial charge < -0.3 is 15.0 Å². The third-order valence-electron chi connectivity index (χ3n) is 5.53. The highest BCUT2D eigenvalue weighted by Crippen LogP contribution is 2.25. The van der Waals surface area contributed by atoms with E-state index in [0.717, 1.165) is 23.4 Å². The number of hydrogen-bond donors (Lipinski definition) is 1. The van der Waals surface area contributed by atoms with Gasteiger partial charge in [-0.2, -0.15) is 0 Å². The van der Waals surface area contributed by atoms with E-state index in [2.05, 4.69) is 28.4 Å². The van der Waals surface area contributed by atoms with Gasteiger partial charge in [-0.3, -0.25) is 4.90 Å². The van der Waals surface area contributed by atoms with E-state index in [1.807, 2.05) is 35.2 Å². The van der Waals surface area contributed by atoms with E-state index >= 15 is 0 Å². The Bertz CT molecular complexity index is 788. The summed E-state index contributed by atoms with van der Waals surface area (Å²) >= 11 is 0. The zero-order valence-electron chi connectivity index (χ0n) is 16.4. The third-order valence-corrected chi connectivity index (χ3v) is 5.53. The van der Waals surface area contributed by atoms with Crippen LogP contribution in [-0.2, 0) is 19.6 Å². The molecule has 2 aromatic carbocycles. The first kappa shape index (κ1) is 18.8. The fourth-order valence-corrected chi connectivity index (χ4v) is 3.98. The number of nitrogens with one attached hydrogen (secondary N) is 1. The maximum Gasteiger partial charge on any atom is 0.318 e. The van der Waals surface area contributed by atoms with Crippen LogP contribution in [0, 0.1) is 0 Å².